The molecule has 1 aromatic carbocycles. The molecule has 3 atom stereocenters. The maximum atomic E-state index is 13.4. The van der Waals surface area contributed by atoms with Crippen molar-refractivity contribution in [2.75, 3.05) is 0 Å². The van der Waals surface area contributed by atoms with Crippen LogP contribution in [0.4, 0.5) is 4.39 Å². The van der Waals surface area contributed by atoms with Crippen molar-refractivity contribution < 1.29 is 9.18 Å². The smallest absolute Gasteiger partial charge is 0.240 e. The van der Waals surface area contributed by atoms with Gasteiger partial charge in [0.05, 0.1) is 34.6 Å². The zero-order valence-electron chi connectivity index (χ0n) is 13.5. The van der Waals surface area contributed by atoms with E-state index in [1.54, 1.807) is 24.0 Å². The molecule has 2 rings (SSSR count). The third-order valence-electron chi connectivity index (χ3n) is 4.48. The van der Waals surface area contributed by atoms with E-state index in [1.807, 2.05) is 13.8 Å². The molecule has 0 aromatic heterocycles. The molecule has 6 heteroatoms. The zero-order chi connectivity index (χ0) is 17.4. The maximum Gasteiger partial charge on any atom is 0.240 e. The Morgan fingerprint density at radius 3 is 2.70 bits per heavy atom. The number of nitriles is 1. The third-order valence-corrected chi connectivity index (χ3v) is 4.77. The van der Waals surface area contributed by atoms with Crippen molar-refractivity contribution >= 4 is 17.5 Å². The number of hydrogen-bond donors (Lipinski definition) is 1. The summed E-state index contributed by atoms with van der Waals surface area (Å²) < 4.78 is 13.4. The first kappa shape index (κ1) is 17.7. The van der Waals surface area contributed by atoms with Crippen molar-refractivity contribution in [3.63, 3.8) is 0 Å². The largest absolute Gasteiger partial charge is 0.330 e. The number of nitrogens with zero attached hydrogens (tertiary/aromatic N) is 2. The molecule has 0 radical (unpaired) electrons. The van der Waals surface area contributed by atoms with E-state index in [2.05, 4.69) is 6.07 Å². The zero-order valence-corrected chi connectivity index (χ0v) is 14.3. The second-order valence-corrected chi connectivity index (χ2v) is 7.06. The SMILES string of the molecule is CC(N)C(=O)N1[C@H](c2ccc(F)c(Cl)c2)CC[C@@H]1C(C)(C)C#N. The van der Waals surface area contributed by atoms with Gasteiger partial charge in [0.2, 0.25) is 5.91 Å². The highest BCUT2D eigenvalue weighted by Gasteiger charge is 2.46. The summed E-state index contributed by atoms with van der Waals surface area (Å²) in [5.74, 6) is -0.700. The van der Waals surface area contributed by atoms with Gasteiger partial charge in [-0.3, -0.25) is 4.79 Å². The van der Waals surface area contributed by atoms with Gasteiger partial charge in [-0.25, -0.2) is 4.39 Å². The van der Waals surface area contributed by atoms with E-state index in [9.17, 15) is 14.4 Å². The quantitative estimate of drug-likeness (QED) is 0.918. The number of halogens is 2. The molecule has 0 aliphatic carbocycles. The van der Waals surface area contributed by atoms with Crippen molar-refractivity contribution in [2.45, 2.75) is 51.7 Å². The lowest BCUT2D eigenvalue weighted by Gasteiger charge is -2.37. The van der Waals surface area contributed by atoms with Crippen molar-refractivity contribution in [1.29, 1.82) is 5.26 Å². The van der Waals surface area contributed by atoms with Crippen LogP contribution in [0.3, 0.4) is 0 Å². The van der Waals surface area contributed by atoms with Gasteiger partial charge in [-0.1, -0.05) is 17.7 Å². The van der Waals surface area contributed by atoms with Gasteiger partial charge in [-0.2, -0.15) is 5.26 Å². The molecule has 1 aliphatic heterocycles. The molecule has 1 heterocycles. The number of hydrogen-bond acceptors (Lipinski definition) is 3. The normalized spacial score (nSPS) is 22.7. The lowest BCUT2D eigenvalue weighted by Crippen LogP contribution is -2.50. The third kappa shape index (κ3) is 3.34. The van der Waals surface area contributed by atoms with Crippen LogP contribution in [0.25, 0.3) is 0 Å². The van der Waals surface area contributed by atoms with E-state index in [0.29, 0.717) is 12.8 Å². The van der Waals surface area contributed by atoms with Crippen molar-refractivity contribution in [3.05, 3.63) is 34.6 Å². The summed E-state index contributed by atoms with van der Waals surface area (Å²) in [5.41, 5.74) is 5.87. The molecule has 1 unspecified atom stereocenters. The predicted molar refractivity (Wildman–Crippen MR) is 87.1 cm³/mol. The molecule has 0 spiro atoms. The topological polar surface area (TPSA) is 70.1 Å². The lowest BCUT2D eigenvalue weighted by atomic mass is 9.84. The number of likely N-dealkylation sites (tertiary alicyclic amines) is 1. The lowest BCUT2D eigenvalue weighted by molar-refractivity contribution is -0.137. The molecular formula is C17H21ClFN3O. The summed E-state index contributed by atoms with van der Waals surface area (Å²) in [4.78, 5) is 14.3. The first-order chi connectivity index (χ1) is 10.7. The Hall–Kier alpha value is -1.64. The van der Waals surface area contributed by atoms with Gasteiger partial charge in [-0.05, 0) is 51.3 Å². The molecule has 1 amide bonds. The summed E-state index contributed by atoms with van der Waals surface area (Å²) in [6, 6.07) is 5.61. The van der Waals surface area contributed by atoms with Crippen LogP contribution < -0.4 is 5.73 Å². The van der Waals surface area contributed by atoms with E-state index in [-0.39, 0.29) is 23.0 Å². The number of rotatable bonds is 3. The van der Waals surface area contributed by atoms with E-state index >= 15 is 0 Å². The van der Waals surface area contributed by atoms with E-state index in [0.717, 1.165) is 5.56 Å². The minimum atomic E-state index is -0.691. The fraction of sp³-hybridized carbons (Fsp3) is 0.529. The first-order valence-electron chi connectivity index (χ1n) is 7.63. The second kappa shape index (κ2) is 6.46. The summed E-state index contributed by atoms with van der Waals surface area (Å²) in [5, 5.41) is 9.47. The highest BCUT2D eigenvalue weighted by Crippen LogP contribution is 2.43. The summed E-state index contributed by atoms with van der Waals surface area (Å²) >= 11 is 5.88. The van der Waals surface area contributed by atoms with Crippen LogP contribution in [0, 0.1) is 22.6 Å². The Morgan fingerprint density at radius 2 is 2.17 bits per heavy atom. The van der Waals surface area contributed by atoms with Gasteiger partial charge in [0.25, 0.3) is 0 Å². The molecule has 1 aliphatic rings. The molecule has 0 saturated carbocycles. The first-order valence-corrected chi connectivity index (χ1v) is 8.00. The van der Waals surface area contributed by atoms with Crippen LogP contribution in [0.2, 0.25) is 5.02 Å². The van der Waals surface area contributed by atoms with E-state index in [4.69, 9.17) is 17.3 Å². The molecule has 1 fully saturated rings. The Balaban J connectivity index is 2.44. The molecule has 23 heavy (non-hydrogen) atoms. The van der Waals surface area contributed by atoms with Crippen LogP contribution >= 0.6 is 11.6 Å². The monoisotopic (exact) mass is 337 g/mol. The molecular weight excluding hydrogens is 317 g/mol. The Kier molecular flexibility index (Phi) is 4.98. The average Bonchev–Trinajstić information content (AvgIpc) is 2.94. The van der Waals surface area contributed by atoms with Crippen LogP contribution in [0.15, 0.2) is 18.2 Å². The molecule has 1 aromatic rings. The molecule has 0 bridgehead atoms. The number of carbonyl (C=O) groups excluding carboxylic acids is 1. The molecule has 2 N–H and O–H groups in total. The second-order valence-electron chi connectivity index (χ2n) is 6.65. The van der Waals surface area contributed by atoms with Crippen molar-refractivity contribution in [2.24, 2.45) is 11.1 Å². The van der Waals surface area contributed by atoms with E-state index < -0.39 is 17.3 Å². The summed E-state index contributed by atoms with van der Waals surface area (Å²) in [6.45, 7) is 5.27. The van der Waals surface area contributed by atoms with E-state index in [1.165, 1.54) is 6.07 Å². The predicted octanol–water partition coefficient (Wildman–Crippen LogP) is 3.41. The van der Waals surface area contributed by atoms with Crippen LogP contribution in [-0.4, -0.2) is 22.9 Å². The minimum Gasteiger partial charge on any atom is -0.330 e. The summed E-state index contributed by atoms with van der Waals surface area (Å²) in [6.07, 6.45) is 1.38. The molecule has 124 valence electrons. The fourth-order valence-corrected chi connectivity index (χ4v) is 3.37. The van der Waals surface area contributed by atoms with Gasteiger partial charge in [0.15, 0.2) is 0 Å². The minimum absolute atomic E-state index is 0.0266. The highest BCUT2D eigenvalue weighted by atomic mass is 35.5. The van der Waals surface area contributed by atoms with Gasteiger partial charge in [0.1, 0.15) is 5.82 Å². The number of carbonyl (C=O) groups is 1. The van der Waals surface area contributed by atoms with Crippen molar-refractivity contribution in [3.8, 4) is 6.07 Å². The molecule has 1 saturated heterocycles. The molecule has 4 nitrogen and oxygen atoms in total. The average molecular weight is 338 g/mol. The Bertz CT molecular complexity index is 654. The van der Waals surface area contributed by atoms with Gasteiger partial charge >= 0.3 is 0 Å². The highest BCUT2D eigenvalue weighted by molar-refractivity contribution is 6.30. The maximum absolute atomic E-state index is 13.4. The number of amides is 1. The Labute approximate surface area is 141 Å². The number of benzene rings is 1. The van der Waals surface area contributed by atoms with Crippen molar-refractivity contribution in [1.82, 2.24) is 4.90 Å². The van der Waals surface area contributed by atoms with Gasteiger partial charge in [0, 0.05) is 0 Å². The van der Waals surface area contributed by atoms with Gasteiger partial charge < -0.3 is 10.6 Å². The van der Waals surface area contributed by atoms with Gasteiger partial charge in [-0.15, -0.1) is 0 Å². The Morgan fingerprint density at radius 1 is 1.52 bits per heavy atom. The summed E-state index contributed by atoms with van der Waals surface area (Å²) in [7, 11) is 0. The van der Waals surface area contributed by atoms with Crippen LogP contribution in [0.1, 0.15) is 45.2 Å². The fourth-order valence-electron chi connectivity index (χ4n) is 3.18. The van der Waals surface area contributed by atoms with Crippen LogP contribution in [0.5, 0.6) is 0 Å². The van der Waals surface area contributed by atoms with Crippen LogP contribution in [-0.2, 0) is 4.79 Å². The number of nitrogens with two attached hydrogens (primary N) is 1. The standard InChI is InChI=1S/C17H21ClFN3O/c1-10(21)16(23)22-14(6-7-15(22)17(2,3)9-20)11-4-5-13(19)12(18)8-11/h4-5,8,10,14-15H,6-7,21H2,1-3H3/t10?,14-,15+/m0/s1.